The first-order valence-electron chi connectivity index (χ1n) is 13.5. The number of benzene rings is 1. The Balaban J connectivity index is 1.51. The summed E-state index contributed by atoms with van der Waals surface area (Å²) in [6.07, 6.45) is 2.30. The summed E-state index contributed by atoms with van der Waals surface area (Å²) >= 11 is 0. The Labute approximate surface area is 226 Å². The number of carbonyl (C=O) groups excluding carboxylic acids is 5. The number of aromatic hydroxyl groups is 1. The van der Waals surface area contributed by atoms with E-state index in [0.29, 0.717) is 18.2 Å². The number of nitrogens with zero attached hydrogens (tertiary/aromatic N) is 2. The van der Waals surface area contributed by atoms with Crippen LogP contribution < -0.4 is 11.1 Å². The van der Waals surface area contributed by atoms with Crippen molar-refractivity contribution in [2.75, 3.05) is 34.2 Å². The van der Waals surface area contributed by atoms with E-state index in [0.717, 1.165) is 31.5 Å². The molecule has 0 aromatic heterocycles. The number of fused-ring (bicyclic) bond motifs is 3. The van der Waals surface area contributed by atoms with Crippen LogP contribution in [0.2, 0.25) is 0 Å². The normalized spacial score (nSPS) is 33.6. The minimum Gasteiger partial charge on any atom is -0.507 e. The number of piperidine rings is 1. The number of ketones is 4. The monoisotopic (exact) mass is 540 g/mol. The van der Waals surface area contributed by atoms with Crippen LogP contribution in [0.4, 0.5) is 0 Å². The number of carbonyl (C=O) groups is 5. The number of hydrogen-bond donors (Lipinski definition) is 4. The van der Waals surface area contributed by atoms with Crippen molar-refractivity contribution < 1.29 is 34.2 Å². The second kappa shape index (κ2) is 9.88. The van der Waals surface area contributed by atoms with Gasteiger partial charge < -0.3 is 26.2 Å². The summed E-state index contributed by atoms with van der Waals surface area (Å²) in [6, 6.07) is 2.42. The molecule has 6 atom stereocenters. The molecule has 6 unspecified atom stereocenters. The third-order valence-electron chi connectivity index (χ3n) is 9.34. The van der Waals surface area contributed by atoms with E-state index < -0.39 is 64.4 Å². The molecule has 1 saturated heterocycles. The molecule has 1 aromatic carbocycles. The standard InChI is InChI=1S/C28H36N4O7/c1-31(2)22-17-11-14-10-16-13(12-30-15-6-8-32(3)9-7-15)4-5-18(33)20(16)23(34)19(14)25(36)28(17,39)26(37)21(24(22)35)27(29)38/h4-5,14-15,17,19,21-22,30,33,39H,6-12H2,1-3H3,(H2,29,38). The molecule has 2 saturated carbocycles. The molecule has 1 heterocycles. The lowest BCUT2D eigenvalue weighted by Gasteiger charge is -2.52. The van der Waals surface area contributed by atoms with Crippen LogP contribution in [0, 0.1) is 23.7 Å². The van der Waals surface area contributed by atoms with Crippen molar-refractivity contribution in [1.29, 1.82) is 0 Å². The van der Waals surface area contributed by atoms with E-state index in [2.05, 4.69) is 17.3 Å². The molecule has 39 heavy (non-hydrogen) atoms. The van der Waals surface area contributed by atoms with Gasteiger partial charge in [-0.05, 0) is 83.0 Å². The number of aliphatic hydroxyl groups is 1. The van der Waals surface area contributed by atoms with E-state index >= 15 is 0 Å². The molecule has 5 rings (SSSR count). The van der Waals surface area contributed by atoms with Gasteiger partial charge in [-0.25, -0.2) is 0 Å². The number of hydrogen-bond acceptors (Lipinski definition) is 10. The van der Waals surface area contributed by atoms with Gasteiger partial charge in [0.1, 0.15) is 5.75 Å². The van der Waals surface area contributed by atoms with Crippen molar-refractivity contribution in [2.45, 2.75) is 49.9 Å². The SMILES string of the molecule is CN1CCC(NCc2ccc(O)c3c2CC2CC4C(N(C)C)C(=O)C(C(N)=O)C(=O)C4(O)C(=O)C2C3=O)CC1. The molecule has 1 aromatic rings. The first-order chi connectivity index (χ1) is 18.4. The summed E-state index contributed by atoms with van der Waals surface area (Å²) in [6.45, 7) is 2.46. The maximum Gasteiger partial charge on any atom is 0.235 e. The van der Waals surface area contributed by atoms with Crippen LogP contribution in [0.3, 0.4) is 0 Å². The van der Waals surface area contributed by atoms with Gasteiger partial charge in [0, 0.05) is 18.5 Å². The third-order valence-corrected chi connectivity index (χ3v) is 9.34. The second-order valence-electron chi connectivity index (χ2n) is 11.8. The van der Waals surface area contributed by atoms with E-state index in [9.17, 15) is 34.2 Å². The highest BCUT2D eigenvalue weighted by Gasteiger charge is 2.69. The smallest absolute Gasteiger partial charge is 0.235 e. The lowest BCUT2D eigenvalue weighted by atomic mass is 9.52. The van der Waals surface area contributed by atoms with E-state index in [-0.39, 0.29) is 24.2 Å². The van der Waals surface area contributed by atoms with Crippen molar-refractivity contribution in [3.8, 4) is 5.75 Å². The molecule has 1 aliphatic heterocycles. The van der Waals surface area contributed by atoms with Gasteiger partial charge in [0.15, 0.2) is 34.7 Å². The Morgan fingerprint density at radius 2 is 1.82 bits per heavy atom. The maximum atomic E-state index is 13.9. The first kappa shape index (κ1) is 27.6. The van der Waals surface area contributed by atoms with Gasteiger partial charge in [-0.1, -0.05) is 6.07 Å². The lowest BCUT2D eigenvalue weighted by Crippen LogP contribution is -2.74. The predicted molar refractivity (Wildman–Crippen MR) is 139 cm³/mol. The van der Waals surface area contributed by atoms with Crippen LogP contribution in [0.1, 0.15) is 40.7 Å². The number of rotatable bonds is 5. The molecule has 1 amide bonds. The minimum atomic E-state index is -2.71. The van der Waals surface area contributed by atoms with Crippen LogP contribution in [-0.4, -0.2) is 101 Å². The number of likely N-dealkylation sites (N-methyl/N-ethyl adjacent to an activating group) is 1. The number of likely N-dealkylation sites (tertiary alicyclic amines) is 1. The zero-order valence-corrected chi connectivity index (χ0v) is 22.5. The average Bonchev–Trinajstić information content (AvgIpc) is 2.86. The second-order valence-corrected chi connectivity index (χ2v) is 11.8. The number of nitrogens with two attached hydrogens (primary N) is 1. The summed E-state index contributed by atoms with van der Waals surface area (Å²) < 4.78 is 0. The van der Waals surface area contributed by atoms with Crippen LogP contribution in [-0.2, 0) is 32.1 Å². The van der Waals surface area contributed by atoms with Gasteiger partial charge in [0.05, 0.1) is 17.5 Å². The summed E-state index contributed by atoms with van der Waals surface area (Å²) in [4.78, 5) is 70.0. The number of nitrogens with one attached hydrogen (secondary N) is 1. The largest absolute Gasteiger partial charge is 0.507 e. The molecule has 5 N–H and O–H groups in total. The van der Waals surface area contributed by atoms with Crippen LogP contribution in [0.5, 0.6) is 5.75 Å². The minimum absolute atomic E-state index is 0.0317. The quantitative estimate of drug-likeness (QED) is 0.342. The maximum absolute atomic E-state index is 13.9. The molecule has 0 bridgehead atoms. The number of Topliss-reactive ketones (excluding diaryl/α,β-unsaturated/α-hetero) is 4. The zero-order valence-electron chi connectivity index (χ0n) is 22.5. The van der Waals surface area contributed by atoms with Gasteiger partial charge in [-0.15, -0.1) is 0 Å². The van der Waals surface area contributed by atoms with Gasteiger partial charge >= 0.3 is 0 Å². The Kier molecular flexibility index (Phi) is 6.99. The molecule has 0 radical (unpaired) electrons. The molecule has 0 spiro atoms. The van der Waals surface area contributed by atoms with Gasteiger partial charge in [0.25, 0.3) is 0 Å². The molecule has 210 valence electrons. The molecular weight excluding hydrogens is 504 g/mol. The fourth-order valence-corrected chi connectivity index (χ4v) is 7.30. The summed E-state index contributed by atoms with van der Waals surface area (Å²) in [5, 5.41) is 25.9. The predicted octanol–water partition coefficient (Wildman–Crippen LogP) is -0.949. The zero-order chi connectivity index (χ0) is 28.4. The Morgan fingerprint density at radius 3 is 2.44 bits per heavy atom. The highest BCUT2D eigenvalue weighted by atomic mass is 16.3. The molecule has 11 heteroatoms. The summed E-state index contributed by atoms with van der Waals surface area (Å²) in [7, 11) is 5.22. The fourth-order valence-electron chi connectivity index (χ4n) is 7.30. The van der Waals surface area contributed by atoms with Gasteiger partial charge in [0.2, 0.25) is 5.91 Å². The lowest BCUT2D eigenvalue weighted by molar-refractivity contribution is -0.181. The highest BCUT2D eigenvalue weighted by Crippen LogP contribution is 2.51. The number of phenolic OH excluding ortho intramolecular Hbond substituents is 1. The number of phenols is 1. The number of amides is 1. The van der Waals surface area contributed by atoms with Crippen LogP contribution >= 0.6 is 0 Å². The molecule has 4 aliphatic rings. The Bertz CT molecular complexity index is 1250. The fraction of sp³-hybridized carbons (Fsp3) is 0.607. The highest BCUT2D eigenvalue weighted by molar-refractivity contribution is 6.32. The topological polar surface area (TPSA) is 170 Å². The van der Waals surface area contributed by atoms with E-state index in [4.69, 9.17) is 5.73 Å². The summed E-state index contributed by atoms with van der Waals surface area (Å²) in [5.41, 5.74) is 4.16. The molecule has 3 fully saturated rings. The Morgan fingerprint density at radius 1 is 1.15 bits per heavy atom. The average molecular weight is 541 g/mol. The van der Waals surface area contributed by atoms with Crippen molar-refractivity contribution in [1.82, 2.24) is 15.1 Å². The molecule has 11 nitrogen and oxygen atoms in total. The van der Waals surface area contributed by atoms with E-state index in [1.54, 1.807) is 20.2 Å². The van der Waals surface area contributed by atoms with E-state index in [1.807, 2.05) is 0 Å². The van der Waals surface area contributed by atoms with Gasteiger partial charge in [-0.3, -0.25) is 28.9 Å². The van der Waals surface area contributed by atoms with Gasteiger partial charge in [-0.2, -0.15) is 0 Å². The third kappa shape index (κ3) is 4.23. The molecular formula is C28H36N4O7. The molecule has 3 aliphatic carbocycles. The van der Waals surface area contributed by atoms with Crippen molar-refractivity contribution in [3.05, 3.63) is 28.8 Å². The van der Waals surface area contributed by atoms with Crippen molar-refractivity contribution in [2.24, 2.45) is 29.4 Å². The van der Waals surface area contributed by atoms with E-state index in [1.165, 1.54) is 11.0 Å². The van der Waals surface area contributed by atoms with Crippen LogP contribution in [0.25, 0.3) is 0 Å². The first-order valence-corrected chi connectivity index (χ1v) is 13.5. The number of primary amides is 1. The van der Waals surface area contributed by atoms with Crippen molar-refractivity contribution in [3.63, 3.8) is 0 Å². The van der Waals surface area contributed by atoms with Crippen LogP contribution in [0.15, 0.2) is 12.1 Å². The summed E-state index contributed by atoms with van der Waals surface area (Å²) in [5.74, 6) is -10.3. The van der Waals surface area contributed by atoms with Crippen molar-refractivity contribution >= 4 is 29.0 Å². The Hall–Kier alpha value is -2.99.